The summed E-state index contributed by atoms with van der Waals surface area (Å²) in [4.78, 5) is 12.5. The lowest BCUT2D eigenvalue weighted by Gasteiger charge is -2.20. The molecule has 0 aliphatic heterocycles. The highest BCUT2D eigenvalue weighted by Crippen LogP contribution is 2.22. The molecule has 1 rings (SSSR count). The average molecular weight is 273 g/mol. The minimum Gasteiger partial charge on any atom is -0.469 e. The second kappa shape index (κ2) is 8.20. The zero-order valence-corrected chi connectivity index (χ0v) is 11.7. The topological polar surface area (TPSA) is 56.8 Å². The van der Waals surface area contributed by atoms with Gasteiger partial charge in [0.05, 0.1) is 19.6 Å². The number of ether oxygens (including phenoxy) is 3. The van der Waals surface area contributed by atoms with Crippen molar-refractivity contribution in [1.29, 1.82) is 0 Å². The van der Waals surface area contributed by atoms with Crippen LogP contribution in [0.1, 0.15) is 17.3 Å². The number of hydrogen-bond acceptors (Lipinski definition) is 6. The summed E-state index contributed by atoms with van der Waals surface area (Å²) >= 11 is 1.60. The van der Waals surface area contributed by atoms with Crippen LogP contribution in [0.2, 0.25) is 0 Å². The Hall–Kier alpha value is -0.950. The molecule has 0 amide bonds. The molecule has 1 unspecified atom stereocenters. The van der Waals surface area contributed by atoms with Crippen LogP contribution in [-0.2, 0) is 19.0 Å². The van der Waals surface area contributed by atoms with E-state index in [1.54, 1.807) is 25.6 Å². The Morgan fingerprint density at radius 3 is 2.61 bits per heavy atom. The maximum atomic E-state index is 11.4. The van der Waals surface area contributed by atoms with Gasteiger partial charge in [0.15, 0.2) is 6.29 Å². The first kappa shape index (κ1) is 15.1. The summed E-state index contributed by atoms with van der Waals surface area (Å²) in [5.41, 5.74) is 0. The predicted molar refractivity (Wildman–Crippen MR) is 69.5 cm³/mol. The van der Waals surface area contributed by atoms with Gasteiger partial charge in [-0.3, -0.25) is 4.79 Å². The quantitative estimate of drug-likeness (QED) is 0.575. The van der Waals surface area contributed by atoms with Gasteiger partial charge in [-0.25, -0.2) is 0 Å². The molecule has 0 saturated carbocycles. The van der Waals surface area contributed by atoms with Crippen molar-refractivity contribution in [3.8, 4) is 0 Å². The summed E-state index contributed by atoms with van der Waals surface area (Å²) in [6, 6.07) is 3.86. The molecular formula is C12H19NO4S. The van der Waals surface area contributed by atoms with Crippen LogP contribution in [0.5, 0.6) is 0 Å². The fourth-order valence-electron chi connectivity index (χ4n) is 1.51. The lowest BCUT2D eigenvalue weighted by atomic mass is 10.1. The fourth-order valence-corrected chi connectivity index (χ4v) is 2.32. The molecule has 0 radical (unpaired) electrons. The molecular weight excluding hydrogens is 254 g/mol. The average Bonchev–Trinajstić information content (AvgIpc) is 2.92. The number of carbonyl (C=O) groups excluding carboxylic acids is 1. The Kier molecular flexibility index (Phi) is 6.89. The van der Waals surface area contributed by atoms with E-state index in [0.29, 0.717) is 6.54 Å². The molecule has 6 heteroatoms. The molecule has 1 aromatic heterocycles. The molecule has 1 aromatic rings. The molecule has 5 nitrogen and oxygen atoms in total. The highest BCUT2D eigenvalue weighted by Gasteiger charge is 2.18. The minimum absolute atomic E-state index is 0.0785. The second-order valence-corrected chi connectivity index (χ2v) is 4.64. The third-order valence-corrected chi connectivity index (χ3v) is 3.53. The van der Waals surface area contributed by atoms with Gasteiger partial charge in [0.1, 0.15) is 0 Å². The van der Waals surface area contributed by atoms with Crippen LogP contribution < -0.4 is 5.32 Å². The van der Waals surface area contributed by atoms with Crippen molar-refractivity contribution in [2.24, 2.45) is 0 Å². The number of carbonyl (C=O) groups is 1. The van der Waals surface area contributed by atoms with Crippen molar-refractivity contribution in [2.75, 3.05) is 27.9 Å². The smallest absolute Gasteiger partial charge is 0.307 e. The second-order valence-electron chi connectivity index (χ2n) is 3.66. The van der Waals surface area contributed by atoms with Crippen molar-refractivity contribution in [3.63, 3.8) is 0 Å². The van der Waals surface area contributed by atoms with Gasteiger partial charge >= 0.3 is 5.97 Å². The van der Waals surface area contributed by atoms with Crippen LogP contribution in [0.25, 0.3) is 0 Å². The monoisotopic (exact) mass is 273 g/mol. The number of thiophene rings is 1. The van der Waals surface area contributed by atoms with E-state index in [-0.39, 0.29) is 24.7 Å². The molecule has 0 aliphatic carbocycles. The number of nitrogens with one attached hydrogen (secondary N) is 1. The summed E-state index contributed by atoms with van der Waals surface area (Å²) in [7, 11) is 4.55. The Morgan fingerprint density at radius 1 is 1.39 bits per heavy atom. The number of hydrogen-bond donors (Lipinski definition) is 1. The molecule has 18 heavy (non-hydrogen) atoms. The zero-order chi connectivity index (χ0) is 13.4. The Balaban J connectivity index is 2.58. The molecule has 102 valence electrons. The van der Waals surface area contributed by atoms with E-state index < -0.39 is 0 Å². The van der Waals surface area contributed by atoms with Crippen LogP contribution >= 0.6 is 11.3 Å². The first-order valence-corrected chi connectivity index (χ1v) is 6.48. The first-order valence-electron chi connectivity index (χ1n) is 5.60. The SMILES string of the molecule is COC(=O)CC(NCC(OC)OC)c1cccs1. The summed E-state index contributed by atoms with van der Waals surface area (Å²) in [5.74, 6) is -0.243. The van der Waals surface area contributed by atoms with E-state index in [9.17, 15) is 4.79 Å². The molecule has 0 saturated heterocycles. The van der Waals surface area contributed by atoms with E-state index in [0.717, 1.165) is 4.88 Å². The lowest BCUT2D eigenvalue weighted by molar-refractivity contribution is -0.141. The third-order valence-electron chi connectivity index (χ3n) is 2.54. The van der Waals surface area contributed by atoms with Crippen LogP contribution in [0, 0.1) is 0 Å². The summed E-state index contributed by atoms with van der Waals surface area (Å²) in [6.45, 7) is 0.507. The molecule has 1 heterocycles. The van der Waals surface area contributed by atoms with Gasteiger partial charge in [0.2, 0.25) is 0 Å². The third kappa shape index (κ3) is 4.73. The number of esters is 1. The Labute approximate surface area is 111 Å². The van der Waals surface area contributed by atoms with Crippen LogP contribution in [0.3, 0.4) is 0 Å². The van der Waals surface area contributed by atoms with Gasteiger partial charge in [0, 0.05) is 25.6 Å². The molecule has 0 aromatic carbocycles. The van der Waals surface area contributed by atoms with Crippen molar-refractivity contribution in [2.45, 2.75) is 18.8 Å². The minimum atomic E-state index is -0.329. The number of rotatable bonds is 8. The molecule has 0 fully saturated rings. The molecule has 0 bridgehead atoms. The van der Waals surface area contributed by atoms with Gasteiger partial charge in [-0.05, 0) is 11.4 Å². The van der Waals surface area contributed by atoms with Gasteiger partial charge in [-0.15, -0.1) is 11.3 Å². The summed E-state index contributed by atoms with van der Waals surface area (Å²) < 4.78 is 14.9. The summed E-state index contributed by atoms with van der Waals surface area (Å²) in [5, 5.41) is 5.23. The van der Waals surface area contributed by atoms with Crippen molar-refractivity contribution < 1.29 is 19.0 Å². The van der Waals surface area contributed by atoms with E-state index in [1.807, 2.05) is 17.5 Å². The standard InChI is InChI=1S/C12H19NO4S/c1-15-11(14)7-9(10-5-4-6-18-10)13-8-12(16-2)17-3/h4-6,9,12-13H,7-8H2,1-3H3. The van der Waals surface area contributed by atoms with Crippen LogP contribution in [0.15, 0.2) is 17.5 Å². The molecule has 0 spiro atoms. The predicted octanol–water partition coefficient (Wildman–Crippen LogP) is 1.56. The maximum absolute atomic E-state index is 11.4. The lowest BCUT2D eigenvalue weighted by Crippen LogP contribution is -2.33. The highest BCUT2D eigenvalue weighted by molar-refractivity contribution is 7.10. The van der Waals surface area contributed by atoms with Crippen molar-refractivity contribution >= 4 is 17.3 Å². The van der Waals surface area contributed by atoms with Gasteiger partial charge in [0.25, 0.3) is 0 Å². The van der Waals surface area contributed by atoms with E-state index >= 15 is 0 Å². The van der Waals surface area contributed by atoms with Gasteiger partial charge in [-0.2, -0.15) is 0 Å². The largest absolute Gasteiger partial charge is 0.469 e. The molecule has 0 aliphatic rings. The number of methoxy groups -OCH3 is 3. The van der Waals surface area contributed by atoms with Crippen LogP contribution in [0.4, 0.5) is 0 Å². The highest BCUT2D eigenvalue weighted by atomic mass is 32.1. The van der Waals surface area contributed by atoms with E-state index in [1.165, 1.54) is 7.11 Å². The van der Waals surface area contributed by atoms with Crippen molar-refractivity contribution in [3.05, 3.63) is 22.4 Å². The van der Waals surface area contributed by atoms with Gasteiger partial charge < -0.3 is 19.5 Å². The Morgan fingerprint density at radius 2 is 2.11 bits per heavy atom. The van der Waals surface area contributed by atoms with Gasteiger partial charge in [-0.1, -0.05) is 6.07 Å². The maximum Gasteiger partial charge on any atom is 0.307 e. The van der Waals surface area contributed by atoms with E-state index in [4.69, 9.17) is 14.2 Å². The summed E-state index contributed by atoms with van der Waals surface area (Å²) in [6.07, 6.45) is -0.0398. The molecule has 1 atom stereocenters. The normalized spacial score (nSPS) is 12.7. The zero-order valence-electron chi connectivity index (χ0n) is 10.8. The fraction of sp³-hybridized carbons (Fsp3) is 0.583. The van der Waals surface area contributed by atoms with Crippen LogP contribution in [-0.4, -0.2) is 40.1 Å². The van der Waals surface area contributed by atoms with E-state index in [2.05, 4.69) is 5.32 Å². The first-order chi connectivity index (χ1) is 8.71. The molecule has 1 N–H and O–H groups in total. The Bertz CT molecular complexity index is 338. The van der Waals surface area contributed by atoms with Crippen molar-refractivity contribution in [1.82, 2.24) is 5.32 Å².